The molecule has 0 unspecified atom stereocenters. The molecule has 1 aliphatic carbocycles. The first-order chi connectivity index (χ1) is 5.70. The number of aliphatic carboxylic acids is 1. The molecule has 1 saturated carbocycles. The molecule has 2 nitrogen and oxygen atoms in total. The van der Waals surface area contributed by atoms with Crippen LogP contribution in [0.2, 0.25) is 0 Å². The Morgan fingerprint density at radius 3 is 2.58 bits per heavy atom. The van der Waals surface area contributed by atoms with Crippen molar-refractivity contribution < 1.29 is 9.90 Å². The van der Waals surface area contributed by atoms with Gasteiger partial charge in [-0.2, -0.15) is 0 Å². The maximum absolute atomic E-state index is 10.3. The summed E-state index contributed by atoms with van der Waals surface area (Å²) < 4.78 is 0. The standard InChI is InChI=1S/C10H18O2/c1-8(6-7-10(11)12)9-4-2-3-5-9/h8-9H,2-7H2,1H3,(H,11,12)/t8-/m0/s1. The highest BCUT2D eigenvalue weighted by Crippen LogP contribution is 2.33. The molecule has 0 aromatic rings. The van der Waals surface area contributed by atoms with Crippen LogP contribution in [0.1, 0.15) is 45.4 Å². The summed E-state index contributed by atoms with van der Waals surface area (Å²) in [6.07, 6.45) is 6.55. The summed E-state index contributed by atoms with van der Waals surface area (Å²) in [4.78, 5) is 10.3. The molecule has 0 amide bonds. The second-order valence-electron chi connectivity index (χ2n) is 3.95. The molecule has 0 aliphatic heterocycles. The van der Waals surface area contributed by atoms with Crippen molar-refractivity contribution in [1.29, 1.82) is 0 Å². The Labute approximate surface area is 74.0 Å². The Hall–Kier alpha value is -0.530. The number of carboxylic acids is 1. The monoisotopic (exact) mass is 170 g/mol. The molecule has 1 rings (SSSR count). The lowest BCUT2D eigenvalue weighted by Crippen LogP contribution is -2.09. The fourth-order valence-electron chi connectivity index (χ4n) is 2.11. The third-order valence-corrected chi connectivity index (χ3v) is 3.02. The van der Waals surface area contributed by atoms with Gasteiger partial charge >= 0.3 is 5.97 Å². The molecule has 0 saturated heterocycles. The Morgan fingerprint density at radius 2 is 2.08 bits per heavy atom. The molecular formula is C10H18O2. The van der Waals surface area contributed by atoms with Crippen molar-refractivity contribution in [3.05, 3.63) is 0 Å². The zero-order valence-electron chi connectivity index (χ0n) is 7.75. The zero-order chi connectivity index (χ0) is 8.97. The molecule has 1 atom stereocenters. The maximum atomic E-state index is 10.3. The van der Waals surface area contributed by atoms with E-state index in [4.69, 9.17) is 5.11 Å². The number of hydrogen-bond donors (Lipinski definition) is 1. The first-order valence-corrected chi connectivity index (χ1v) is 4.92. The predicted octanol–water partition coefficient (Wildman–Crippen LogP) is 2.68. The molecule has 0 aromatic heterocycles. The second kappa shape index (κ2) is 4.48. The van der Waals surface area contributed by atoms with Gasteiger partial charge in [-0.25, -0.2) is 0 Å². The largest absolute Gasteiger partial charge is 0.481 e. The summed E-state index contributed by atoms with van der Waals surface area (Å²) in [6.45, 7) is 2.19. The molecule has 2 heteroatoms. The molecule has 1 fully saturated rings. The van der Waals surface area contributed by atoms with Crippen LogP contribution in [0.5, 0.6) is 0 Å². The van der Waals surface area contributed by atoms with Crippen molar-refractivity contribution in [3.63, 3.8) is 0 Å². The Bertz CT molecular complexity index is 148. The molecule has 0 spiro atoms. The number of hydrogen-bond acceptors (Lipinski definition) is 1. The lowest BCUT2D eigenvalue weighted by molar-refractivity contribution is -0.137. The van der Waals surface area contributed by atoms with E-state index in [1.54, 1.807) is 0 Å². The van der Waals surface area contributed by atoms with E-state index in [2.05, 4.69) is 6.92 Å². The van der Waals surface area contributed by atoms with Gasteiger partial charge in [-0.05, 0) is 18.3 Å². The fraction of sp³-hybridized carbons (Fsp3) is 0.900. The van der Waals surface area contributed by atoms with Gasteiger partial charge < -0.3 is 5.11 Å². The van der Waals surface area contributed by atoms with Gasteiger partial charge in [0.25, 0.3) is 0 Å². The van der Waals surface area contributed by atoms with Crippen molar-refractivity contribution in [2.24, 2.45) is 11.8 Å². The first kappa shape index (κ1) is 9.56. The topological polar surface area (TPSA) is 37.3 Å². The van der Waals surface area contributed by atoms with Gasteiger partial charge in [0.15, 0.2) is 0 Å². The molecule has 0 bridgehead atoms. The van der Waals surface area contributed by atoms with Gasteiger partial charge in [0.1, 0.15) is 0 Å². The van der Waals surface area contributed by atoms with Crippen molar-refractivity contribution in [1.82, 2.24) is 0 Å². The van der Waals surface area contributed by atoms with E-state index in [9.17, 15) is 4.79 Å². The van der Waals surface area contributed by atoms with Crippen LogP contribution in [0.3, 0.4) is 0 Å². The quantitative estimate of drug-likeness (QED) is 0.704. The summed E-state index contributed by atoms with van der Waals surface area (Å²) in [5.74, 6) is 0.771. The van der Waals surface area contributed by atoms with E-state index in [0.29, 0.717) is 12.3 Å². The van der Waals surface area contributed by atoms with Gasteiger partial charge in [-0.3, -0.25) is 4.79 Å². The van der Waals surface area contributed by atoms with Crippen molar-refractivity contribution in [3.8, 4) is 0 Å². The lowest BCUT2D eigenvalue weighted by Gasteiger charge is -2.17. The normalized spacial score (nSPS) is 21.1. The predicted molar refractivity (Wildman–Crippen MR) is 48.0 cm³/mol. The highest BCUT2D eigenvalue weighted by molar-refractivity contribution is 5.66. The lowest BCUT2D eigenvalue weighted by atomic mass is 9.89. The maximum Gasteiger partial charge on any atom is 0.303 e. The van der Waals surface area contributed by atoms with E-state index >= 15 is 0 Å². The summed E-state index contributed by atoms with van der Waals surface area (Å²) in [6, 6.07) is 0. The minimum absolute atomic E-state index is 0.345. The van der Waals surface area contributed by atoms with Gasteiger partial charge in [0.05, 0.1) is 0 Å². The Kier molecular flexibility index (Phi) is 3.57. The minimum atomic E-state index is -0.653. The van der Waals surface area contributed by atoms with Crippen LogP contribution >= 0.6 is 0 Å². The highest BCUT2D eigenvalue weighted by Gasteiger charge is 2.21. The molecule has 70 valence electrons. The summed E-state index contributed by atoms with van der Waals surface area (Å²) in [5.41, 5.74) is 0. The second-order valence-corrected chi connectivity index (χ2v) is 3.95. The summed E-state index contributed by atoms with van der Waals surface area (Å²) in [7, 11) is 0. The van der Waals surface area contributed by atoms with Crippen LogP contribution in [0.15, 0.2) is 0 Å². The van der Waals surface area contributed by atoms with Crippen LogP contribution in [-0.4, -0.2) is 11.1 Å². The SMILES string of the molecule is C[C@@H](CCC(=O)O)C1CCCC1. The van der Waals surface area contributed by atoms with Crippen LogP contribution in [0.25, 0.3) is 0 Å². The van der Waals surface area contributed by atoms with Crippen molar-refractivity contribution in [2.75, 3.05) is 0 Å². The average molecular weight is 170 g/mol. The van der Waals surface area contributed by atoms with Crippen LogP contribution in [-0.2, 0) is 4.79 Å². The number of carbonyl (C=O) groups is 1. The van der Waals surface area contributed by atoms with E-state index in [1.165, 1.54) is 25.7 Å². The summed E-state index contributed by atoms with van der Waals surface area (Å²) >= 11 is 0. The molecule has 1 N–H and O–H groups in total. The highest BCUT2D eigenvalue weighted by atomic mass is 16.4. The van der Waals surface area contributed by atoms with Crippen LogP contribution in [0.4, 0.5) is 0 Å². The van der Waals surface area contributed by atoms with E-state index < -0.39 is 5.97 Å². The number of rotatable bonds is 4. The molecule has 0 aromatic carbocycles. The third-order valence-electron chi connectivity index (χ3n) is 3.02. The number of carboxylic acid groups (broad SMARTS) is 1. The Morgan fingerprint density at radius 1 is 1.50 bits per heavy atom. The van der Waals surface area contributed by atoms with Gasteiger partial charge in [-0.1, -0.05) is 32.6 Å². The Balaban J connectivity index is 2.17. The zero-order valence-corrected chi connectivity index (χ0v) is 7.75. The van der Waals surface area contributed by atoms with E-state index in [1.807, 2.05) is 0 Å². The van der Waals surface area contributed by atoms with E-state index in [0.717, 1.165) is 12.3 Å². The average Bonchev–Trinajstić information content (AvgIpc) is 2.51. The molecule has 1 aliphatic rings. The smallest absolute Gasteiger partial charge is 0.303 e. The first-order valence-electron chi connectivity index (χ1n) is 4.92. The summed E-state index contributed by atoms with van der Waals surface area (Å²) in [5, 5.41) is 8.51. The van der Waals surface area contributed by atoms with Gasteiger partial charge in [-0.15, -0.1) is 0 Å². The fourth-order valence-corrected chi connectivity index (χ4v) is 2.11. The molecule has 0 heterocycles. The molecular weight excluding hydrogens is 152 g/mol. The van der Waals surface area contributed by atoms with Crippen molar-refractivity contribution >= 4 is 5.97 Å². The van der Waals surface area contributed by atoms with E-state index in [-0.39, 0.29) is 0 Å². The minimum Gasteiger partial charge on any atom is -0.481 e. The van der Waals surface area contributed by atoms with Gasteiger partial charge in [0, 0.05) is 6.42 Å². The van der Waals surface area contributed by atoms with Gasteiger partial charge in [0.2, 0.25) is 0 Å². The molecule has 0 radical (unpaired) electrons. The van der Waals surface area contributed by atoms with Crippen LogP contribution < -0.4 is 0 Å². The van der Waals surface area contributed by atoms with Crippen molar-refractivity contribution in [2.45, 2.75) is 45.4 Å². The van der Waals surface area contributed by atoms with Crippen LogP contribution in [0, 0.1) is 11.8 Å². The third kappa shape index (κ3) is 2.84. The molecule has 12 heavy (non-hydrogen) atoms.